The summed E-state index contributed by atoms with van der Waals surface area (Å²) in [4.78, 5) is 0. The fraction of sp³-hybridized carbons (Fsp3) is 0.750. The number of hydrogen-bond donors (Lipinski definition) is 1. The number of nitrogens with zero attached hydrogens (tertiary/aromatic N) is 2. The molecule has 1 N–H and O–H groups in total. The number of hydrogen-bond acceptors (Lipinski definition) is 2. The highest BCUT2D eigenvalue weighted by atomic mass is 19.4. The van der Waals surface area contributed by atoms with Crippen molar-refractivity contribution < 1.29 is 18.3 Å². The summed E-state index contributed by atoms with van der Waals surface area (Å²) >= 11 is 0. The summed E-state index contributed by atoms with van der Waals surface area (Å²) in [6.07, 6.45) is -0.609. The Hall–Kier alpha value is -1.04. The van der Waals surface area contributed by atoms with E-state index in [-0.39, 0.29) is 19.3 Å². The van der Waals surface area contributed by atoms with E-state index >= 15 is 0 Å². The van der Waals surface area contributed by atoms with Gasteiger partial charge in [-0.05, 0) is 31.2 Å². The summed E-state index contributed by atoms with van der Waals surface area (Å²) in [5.74, 6) is -1.41. The van der Waals surface area contributed by atoms with E-state index in [9.17, 15) is 18.3 Å². The Kier molecular flexibility index (Phi) is 3.66. The predicted molar refractivity (Wildman–Crippen MR) is 60.0 cm³/mol. The quantitative estimate of drug-likeness (QED) is 0.890. The highest BCUT2D eigenvalue weighted by Gasteiger charge is 2.48. The molecule has 3 nitrogen and oxygen atoms in total. The van der Waals surface area contributed by atoms with Crippen molar-refractivity contribution >= 4 is 0 Å². The van der Waals surface area contributed by atoms with Gasteiger partial charge in [-0.25, -0.2) is 0 Å². The zero-order valence-electron chi connectivity index (χ0n) is 10.2. The second-order valence-corrected chi connectivity index (χ2v) is 4.86. The van der Waals surface area contributed by atoms with Crippen LogP contribution < -0.4 is 0 Å². The number of aliphatic hydroxyl groups excluding tert-OH is 1. The first kappa shape index (κ1) is 13.4. The molecule has 0 spiro atoms. The third-order valence-corrected chi connectivity index (χ3v) is 3.61. The third-order valence-electron chi connectivity index (χ3n) is 3.61. The lowest BCUT2D eigenvalue weighted by Crippen LogP contribution is -2.38. The van der Waals surface area contributed by atoms with E-state index in [1.165, 1.54) is 4.68 Å². The topological polar surface area (TPSA) is 38.0 Å². The van der Waals surface area contributed by atoms with Gasteiger partial charge in [-0.15, -0.1) is 0 Å². The summed E-state index contributed by atoms with van der Waals surface area (Å²) in [6, 6.07) is -0.783. The lowest BCUT2D eigenvalue weighted by atomic mass is 9.82. The van der Waals surface area contributed by atoms with Crippen molar-refractivity contribution in [2.75, 3.05) is 0 Å². The van der Waals surface area contributed by atoms with Crippen molar-refractivity contribution in [2.24, 2.45) is 5.92 Å². The molecule has 1 aliphatic carbocycles. The van der Waals surface area contributed by atoms with E-state index in [4.69, 9.17) is 0 Å². The van der Waals surface area contributed by atoms with Gasteiger partial charge in [0, 0.05) is 6.20 Å². The van der Waals surface area contributed by atoms with Crippen LogP contribution in [0.15, 0.2) is 12.4 Å². The molecule has 18 heavy (non-hydrogen) atoms. The largest absolute Gasteiger partial charge is 0.393 e. The Labute approximate surface area is 104 Å². The van der Waals surface area contributed by atoms with Gasteiger partial charge >= 0.3 is 6.18 Å². The van der Waals surface area contributed by atoms with Crippen molar-refractivity contribution in [1.82, 2.24) is 9.78 Å². The minimum Gasteiger partial charge on any atom is -0.393 e. The van der Waals surface area contributed by atoms with E-state index in [2.05, 4.69) is 5.10 Å². The number of halogens is 3. The Balaban J connectivity index is 2.25. The van der Waals surface area contributed by atoms with Gasteiger partial charge in [0.05, 0.1) is 24.3 Å². The molecule has 0 aromatic carbocycles. The molecule has 1 aromatic heterocycles. The highest BCUT2D eigenvalue weighted by molar-refractivity contribution is 5.05. The van der Waals surface area contributed by atoms with Gasteiger partial charge in [0.2, 0.25) is 0 Å². The van der Waals surface area contributed by atoms with Gasteiger partial charge in [-0.2, -0.15) is 18.3 Å². The van der Waals surface area contributed by atoms with Gasteiger partial charge in [-0.3, -0.25) is 4.68 Å². The molecule has 1 aliphatic rings. The van der Waals surface area contributed by atoms with Crippen LogP contribution in [-0.4, -0.2) is 27.2 Å². The summed E-state index contributed by atoms with van der Waals surface area (Å²) in [5, 5.41) is 13.6. The van der Waals surface area contributed by atoms with Crippen LogP contribution in [0.2, 0.25) is 0 Å². The molecule has 6 heteroatoms. The van der Waals surface area contributed by atoms with Gasteiger partial charge in [0.1, 0.15) is 0 Å². The Morgan fingerprint density at radius 2 is 2.17 bits per heavy atom. The zero-order chi connectivity index (χ0) is 13.3. The van der Waals surface area contributed by atoms with E-state index in [1.54, 1.807) is 12.4 Å². The molecular formula is C12H17F3N2O. The lowest BCUT2D eigenvalue weighted by molar-refractivity contribution is -0.199. The molecule has 102 valence electrons. The SMILES string of the molecule is CCc1cnn(C2CC(O)CCC2C(F)(F)F)c1. The summed E-state index contributed by atoms with van der Waals surface area (Å²) in [6.45, 7) is 1.93. The van der Waals surface area contributed by atoms with Crippen molar-refractivity contribution in [3.05, 3.63) is 18.0 Å². The maximum Gasteiger partial charge on any atom is 0.393 e. The molecular weight excluding hydrogens is 245 g/mol. The third kappa shape index (κ3) is 2.68. The monoisotopic (exact) mass is 262 g/mol. The van der Waals surface area contributed by atoms with Gasteiger partial charge < -0.3 is 5.11 Å². The molecule has 0 radical (unpaired) electrons. The first-order chi connectivity index (χ1) is 8.41. The first-order valence-corrected chi connectivity index (χ1v) is 6.19. The highest BCUT2D eigenvalue weighted by Crippen LogP contribution is 2.43. The average molecular weight is 262 g/mol. The molecule has 0 saturated heterocycles. The van der Waals surface area contributed by atoms with Crippen molar-refractivity contribution in [3.8, 4) is 0 Å². The van der Waals surface area contributed by atoms with Gasteiger partial charge in [0.15, 0.2) is 0 Å². The van der Waals surface area contributed by atoms with Crippen LogP contribution in [-0.2, 0) is 6.42 Å². The number of aliphatic hydroxyl groups is 1. The van der Waals surface area contributed by atoms with Crippen LogP contribution in [0.1, 0.15) is 37.8 Å². The predicted octanol–water partition coefficient (Wildman–Crippen LogP) is 2.71. The van der Waals surface area contributed by atoms with Crippen molar-refractivity contribution in [2.45, 2.75) is 50.9 Å². The molecule has 1 aromatic rings. The molecule has 3 atom stereocenters. The summed E-state index contributed by atoms with van der Waals surface area (Å²) in [5.41, 5.74) is 0.913. The number of alkyl halides is 3. The molecule has 0 aliphatic heterocycles. The minimum atomic E-state index is -4.23. The van der Waals surface area contributed by atoms with Crippen LogP contribution >= 0.6 is 0 Å². The second kappa shape index (κ2) is 4.91. The second-order valence-electron chi connectivity index (χ2n) is 4.86. The molecule has 1 fully saturated rings. The van der Waals surface area contributed by atoms with E-state index in [0.717, 1.165) is 12.0 Å². The van der Waals surface area contributed by atoms with E-state index in [1.807, 2.05) is 6.92 Å². The van der Waals surface area contributed by atoms with Crippen LogP contribution in [0.4, 0.5) is 13.2 Å². The molecule has 2 rings (SSSR count). The van der Waals surface area contributed by atoms with Crippen molar-refractivity contribution in [1.29, 1.82) is 0 Å². The molecule has 1 saturated carbocycles. The molecule has 3 unspecified atom stereocenters. The van der Waals surface area contributed by atoms with Crippen molar-refractivity contribution in [3.63, 3.8) is 0 Å². The Morgan fingerprint density at radius 3 is 2.72 bits per heavy atom. The number of aryl methyl sites for hydroxylation is 1. The molecule has 1 heterocycles. The summed E-state index contributed by atoms with van der Waals surface area (Å²) in [7, 11) is 0. The average Bonchev–Trinajstić information content (AvgIpc) is 2.75. The van der Waals surface area contributed by atoms with E-state index in [0.29, 0.717) is 0 Å². The van der Waals surface area contributed by atoms with Gasteiger partial charge in [0.25, 0.3) is 0 Å². The fourth-order valence-electron chi connectivity index (χ4n) is 2.54. The van der Waals surface area contributed by atoms with E-state index < -0.39 is 24.2 Å². The Bertz CT molecular complexity index is 402. The van der Waals surface area contributed by atoms with Crippen LogP contribution in [0, 0.1) is 5.92 Å². The van der Waals surface area contributed by atoms with Crippen LogP contribution in [0.25, 0.3) is 0 Å². The fourth-order valence-corrected chi connectivity index (χ4v) is 2.54. The van der Waals surface area contributed by atoms with Gasteiger partial charge in [-0.1, -0.05) is 6.92 Å². The number of aromatic nitrogens is 2. The van der Waals surface area contributed by atoms with Crippen LogP contribution in [0.3, 0.4) is 0 Å². The summed E-state index contributed by atoms with van der Waals surface area (Å²) < 4.78 is 40.3. The zero-order valence-corrected chi connectivity index (χ0v) is 10.2. The molecule has 0 amide bonds. The first-order valence-electron chi connectivity index (χ1n) is 6.19. The lowest BCUT2D eigenvalue weighted by Gasteiger charge is -2.35. The molecule has 0 bridgehead atoms. The smallest absolute Gasteiger partial charge is 0.393 e. The standard InChI is InChI=1S/C12H17F3N2O/c1-2-8-6-16-17(7-8)11-5-9(18)3-4-10(11)12(13,14)15/h6-7,9-11,18H,2-5H2,1H3. The maximum absolute atomic E-state index is 13.0. The normalized spacial score (nSPS) is 29.5. The number of rotatable bonds is 2. The van der Waals surface area contributed by atoms with Crippen LogP contribution in [0.5, 0.6) is 0 Å². The minimum absolute atomic E-state index is 0.0311. The Morgan fingerprint density at radius 1 is 1.44 bits per heavy atom. The maximum atomic E-state index is 13.0.